The second-order valence-corrected chi connectivity index (χ2v) is 9.16. The van der Waals surface area contributed by atoms with Crippen LogP contribution in [0.1, 0.15) is 12.0 Å². The Labute approximate surface area is 211 Å². The van der Waals surface area contributed by atoms with E-state index < -0.39 is 5.60 Å². The van der Waals surface area contributed by atoms with Gasteiger partial charge in [0.15, 0.2) is 11.5 Å². The zero-order valence-electron chi connectivity index (χ0n) is 19.9. The maximum Gasteiger partial charge on any atom is 0.161 e. The Bertz CT molecular complexity index is 1060. The van der Waals surface area contributed by atoms with Crippen molar-refractivity contribution < 1.29 is 24.1 Å². The third-order valence-corrected chi connectivity index (χ3v) is 5.99. The molecule has 8 nitrogen and oxygen atoms in total. The molecule has 0 saturated carbocycles. The topological polar surface area (TPSA) is 78.2 Å². The average Bonchev–Trinajstić information content (AvgIpc) is 3.30. The molecule has 1 fully saturated rings. The number of rotatable bonds is 11. The van der Waals surface area contributed by atoms with Crippen molar-refractivity contribution in [2.45, 2.75) is 25.1 Å². The molecule has 1 saturated heterocycles. The molecule has 0 spiro atoms. The van der Waals surface area contributed by atoms with Gasteiger partial charge in [-0.15, -0.1) is 0 Å². The molecule has 1 N–H and O–H groups in total. The number of ether oxygens (including phenoxy) is 4. The summed E-state index contributed by atoms with van der Waals surface area (Å²) < 4.78 is 25.1. The molecule has 0 bridgehead atoms. The van der Waals surface area contributed by atoms with Crippen LogP contribution in [0, 0.1) is 0 Å². The maximum atomic E-state index is 11.2. The number of hydrogen-bond donors (Lipinski definition) is 1. The fourth-order valence-electron chi connectivity index (χ4n) is 4.03. The summed E-state index contributed by atoms with van der Waals surface area (Å²) in [5.41, 5.74) is -0.0757. The van der Waals surface area contributed by atoms with E-state index in [0.29, 0.717) is 55.1 Å². The van der Waals surface area contributed by atoms with Gasteiger partial charge in [-0.3, -0.25) is 4.90 Å². The quantitative estimate of drug-likeness (QED) is 0.402. The van der Waals surface area contributed by atoms with E-state index in [1.54, 1.807) is 31.8 Å². The van der Waals surface area contributed by atoms with E-state index in [1.165, 1.54) is 0 Å². The Morgan fingerprint density at radius 2 is 2.09 bits per heavy atom. The van der Waals surface area contributed by atoms with Crippen molar-refractivity contribution in [3.63, 3.8) is 0 Å². The second kappa shape index (κ2) is 12.3. The van der Waals surface area contributed by atoms with Crippen molar-refractivity contribution in [3.8, 4) is 17.2 Å². The van der Waals surface area contributed by atoms with Crippen LogP contribution >= 0.6 is 11.6 Å². The molecule has 1 atom stereocenters. The summed E-state index contributed by atoms with van der Waals surface area (Å²) >= 11 is 6.04. The normalized spacial score (nSPS) is 18.7. The second-order valence-electron chi connectivity index (χ2n) is 8.72. The predicted octanol–water partition coefficient (Wildman–Crippen LogP) is 3.66. The van der Waals surface area contributed by atoms with E-state index in [2.05, 4.69) is 9.88 Å². The Morgan fingerprint density at radius 3 is 2.89 bits per heavy atom. The van der Waals surface area contributed by atoms with E-state index in [9.17, 15) is 5.11 Å². The fourth-order valence-corrected chi connectivity index (χ4v) is 4.21. The summed E-state index contributed by atoms with van der Waals surface area (Å²) in [7, 11) is 1.64. The molecule has 1 unspecified atom stereocenters. The molecule has 0 aliphatic carbocycles. The van der Waals surface area contributed by atoms with Gasteiger partial charge in [0.2, 0.25) is 0 Å². The van der Waals surface area contributed by atoms with Gasteiger partial charge in [-0.05, 0) is 42.3 Å². The Hall–Kier alpha value is -2.78. The zero-order chi connectivity index (χ0) is 24.5. The van der Waals surface area contributed by atoms with E-state index in [-0.39, 0.29) is 13.2 Å². The van der Waals surface area contributed by atoms with Gasteiger partial charge < -0.3 is 28.6 Å². The third-order valence-electron chi connectivity index (χ3n) is 5.76. The molecule has 4 rings (SSSR count). The lowest BCUT2D eigenvalue weighted by atomic mass is 10.1. The summed E-state index contributed by atoms with van der Waals surface area (Å²) in [6.45, 7) is 4.01. The minimum atomic E-state index is -1.14. The van der Waals surface area contributed by atoms with Gasteiger partial charge in [0.25, 0.3) is 0 Å². The summed E-state index contributed by atoms with van der Waals surface area (Å²) in [4.78, 5) is 6.22. The van der Waals surface area contributed by atoms with Gasteiger partial charge in [-0.2, -0.15) is 0 Å². The number of β-amino-alcohol motifs (C(OH)–C–C–N with tert-alkyl or cyclic N) is 1. The van der Waals surface area contributed by atoms with Gasteiger partial charge in [-0.1, -0.05) is 23.7 Å². The van der Waals surface area contributed by atoms with Crippen molar-refractivity contribution in [2.75, 3.05) is 46.6 Å². The van der Waals surface area contributed by atoms with Crippen molar-refractivity contribution in [1.29, 1.82) is 0 Å². The monoisotopic (exact) mass is 501 g/mol. The molecule has 1 aromatic heterocycles. The third kappa shape index (κ3) is 7.60. The van der Waals surface area contributed by atoms with Crippen molar-refractivity contribution in [2.24, 2.45) is 0 Å². The van der Waals surface area contributed by atoms with Crippen LogP contribution in [0.3, 0.4) is 0 Å². The van der Waals surface area contributed by atoms with E-state index in [4.69, 9.17) is 30.5 Å². The molecule has 1 aliphatic rings. The number of benzene rings is 2. The number of hydrogen-bond acceptors (Lipinski definition) is 7. The summed E-state index contributed by atoms with van der Waals surface area (Å²) in [6.07, 6.45) is 6.36. The SMILES string of the molecule is COc1ccc(CN2CCOCC(O)(COc3cccc(Cl)c3)C2)cc1OCCCn1ccnc1. The lowest BCUT2D eigenvalue weighted by Gasteiger charge is -2.30. The molecular weight excluding hydrogens is 470 g/mol. The number of halogens is 1. The first-order chi connectivity index (χ1) is 17.0. The molecule has 1 aliphatic heterocycles. The minimum absolute atomic E-state index is 0.109. The van der Waals surface area contributed by atoms with Crippen LogP contribution in [-0.2, 0) is 17.8 Å². The van der Waals surface area contributed by atoms with Crippen molar-refractivity contribution in [1.82, 2.24) is 14.5 Å². The zero-order valence-corrected chi connectivity index (χ0v) is 20.7. The maximum absolute atomic E-state index is 11.2. The Balaban J connectivity index is 1.35. The molecule has 35 heavy (non-hydrogen) atoms. The van der Waals surface area contributed by atoms with Gasteiger partial charge >= 0.3 is 0 Å². The summed E-state index contributed by atoms with van der Waals surface area (Å²) in [5, 5.41) is 11.8. The number of aromatic nitrogens is 2. The molecule has 188 valence electrons. The van der Waals surface area contributed by atoms with Crippen LogP contribution in [0.15, 0.2) is 61.2 Å². The summed E-state index contributed by atoms with van der Waals surface area (Å²) in [5.74, 6) is 2.02. The van der Waals surface area contributed by atoms with E-state index in [0.717, 1.165) is 18.5 Å². The smallest absolute Gasteiger partial charge is 0.161 e. The lowest BCUT2D eigenvalue weighted by Crippen LogP contribution is -2.48. The predicted molar refractivity (Wildman–Crippen MR) is 133 cm³/mol. The van der Waals surface area contributed by atoms with Crippen LogP contribution < -0.4 is 14.2 Å². The highest BCUT2D eigenvalue weighted by molar-refractivity contribution is 6.30. The number of imidazole rings is 1. The largest absolute Gasteiger partial charge is 0.493 e. The highest BCUT2D eigenvalue weighted by Gasteiger charge is 2.33. The molecular formula is C26H32ClN3O5. The molecule has 0 amide bonds. The van der Waals surface area contributed by atoms with E-state index in [1.807, 2.05) is 41.1 Å². The minimum Gasteiger partial charge on any atom is -0.493 e. The first-order valence-corrected chi connectivity index (χ1v) is 12.1. The van der Waals surface area contributed by atoms with Gasteiger partial charge in [0.05, 0.1) is 33.3 Å². The molecule has 2 heterocycles. The molecule has 3 aromatic rings. The van der Waals surface area contributed by atoms with Crippen LogP contribution in [0.5, 0.6) is 17.2 Å². The number of aryl methyl sites for hydroxylation is 1. The Kier molecular flexibility index (Phi) is 8.87. The van der Waals surface area contributed by atoms with Crippen LogP contribution in [-0.4, -0.2) is 71.8 Å². The van der Waals surface area contributed by atoms with Crippen LogP contribution in [0.2, 0.25) is 5.02 Å². The van der Waals surface area contributed by atoms with Crippen LogP contribution in [0.4, 0.5) is 0 Å². The fraction of sp³-hybridized carbons (Fsp3) is 0.423. The van der Waals surface area contributed by atoms with Crippen molar-refractivity contribution in [3.05, 3.63) is 71.8 Å². The first kappa shape index (κ1) is 25.3. The van der Waals surface area contributed by atoms with Crippen LogP contribution in [0.25, 0.3) is 0 Å². The van der Waals surface area contributed by atoms with Gasteiger partial charge in [-0.25, -0.2) is 4.98 Å². The summed E-state index contributed by atoms with van der Waals surface area (Å²) in [6, 6.07) is 13.1. The van der Waals surface area contributed by atoms with E-state index >= 15 is 0 Å². The number of methoxy groups -OCH3 is 1. The first-order valence-electron chi connectivity index (χ1n) is 11.7. The van der Waals surface area contributed by atoms with Crippen molar-refractivity contribution >= 4 is 11.6 Å². The number of nitrogens with zero attached hydrogens (tertiary/aromatic N) is 3. The standard InChI is InChI=1S/C26H32ClN3O5/c1-32-24-7-6-21(14-25(24)34-12-3-9-29-10-8-28-20-29)16-30-11-13-33-18-26(31,17-30)19-35-23-5-2-4-22(27)15-23/h2,4-8,10,14-15,20,31H,3,9,11-13,16-19H2,1H3. The molecule has 2 aromatic carbocycles. The Morgan fingerprint density at radius 1 is 1.17 bits per heavy atom. The molecule has 9 heteroatoms. The highest BCUT2D eigenvalue weighted by Crippen LogP contribution is 2.29. The van der Waals surface area contributed by atoms with Gasteiger partial charge in [0.1, 0.15) is 18.0 Å². The highest BCUT2D eigenvalue weighted by atomic mass is 35.5. The number of aliphatic hydroxyl groups is 1. The van der Waals surface area contributed by atoms with Gasteiger partial charge in [0, 0.05) is 43.6 Å². The lowest BCUT2D eigenvalue weighted by molar-refractivity contribution is -0.0646. The average molecular weight is 502 g/mol. The molecule has 0 radical (unpaired) electrons.